The number of aliphatic carboxylic acids is 2. The highest BCUT2D eigenvalue weighted by atomic mass is 32.2. The number of amides is 3. The number of aliphatic hydroxyl groups is 2. The maximum absolute atomic E-state index is 12.3. The lowest BCUT2D eigenvalue weighted by molar-refractivity contribution is -0.142. The normalized spacial score (nSPS) is 14.9. The Bertz CT molecular complexity index is 632. The summed E-state index contributed by atoms with van der Waals surface area (Å²) in [4.78, 5) is 57.5. The summed E-state index contributed by atoms with van der Waals surface area (Å²) >= 11 is 1.02. The van der Waals surface area contributed by atoms with Gasteiger partial charge in [0, 0.05) is 24.9 Å². The average Bonchev–Trinajstić information content (AvgIpc) is 2.63. The molecule has 0 aromatic rings. The molecule has 0 unspecified atom stereocenters. The molecule has 172 valence electrons. The van der Waals surface area contributed by atoms with Crippen LogP contribution in [-0.4, -0.2) is 92.0 Å². The molecule has 0 heterocycles. The van der Waals surface area contributed by atoms with Crippen LogP contribution in [0, 0.1) is 0 Å². The van der Waals surface area contributed by atoms with Gasteiger partial charge in [0.2, 0.25) is 17.7 Å². The van der Waals surface area contributed by atoms with Crippen molar-refractivity contribution in [2.75, 3.05) is 11.5 Å². The van der Waals surface area contributed by atoms with Crippen LogP contribution in [0.2, 0.25) is 0 Å². The van der Waals surface area contributed by atoms with Gasteiger partial charge in [-0.25, -0.2) is 4.79 Å². The first-order valence-corrected chi connectivity index (χ1v) is 10.0. The van der Waals surface area contributed by atoms with Crippen LogP contribution < -0.4 is 21.7 Å². The van der Waals surface area contributed by atoms with E-state index in [9.17, 15) is 24.0 Å². The summed E-state index contributed by atoms with van der Waals surface area (Å²) < 4.78 is 0. The quantitative estimate of drug-likeness (QED) is 0.122. The van der Waals surface area contributed by atoms with Crippen LogP contribution in [0.15, 0.2) is 0 Å². The fourth-order valence-corrected chi connectivity index (χ4v) is 3.06. The summed E-state index contributed by atoms with van der Waals surface area (Å²) in [6.45, 7) is 2.36. The number of carboxylic acids is 2. The van der Waals surface area contributed by atoms with Gasteiger partial charge in [-0.05, 0) is 13.3 Å². The Hall–Kier alpha value is -2.42. The molecule has 0 fully saturated rings. The van der Waals surface area contributed by atoms with Gasteiger partial charge < -0.3 is 42.1 Å². The minimum absolute atomic E-state index is 0.0371. The van der Waals surface area contributed by atoms with E-state index in [4.69, 9.17) is 26.2 Å². The molecule has 14 heteroatoms. The molecule has 0 spiro atoms. The largest absolute Gasteiger partial charge is 0.480 e. The van der Waals surface area contributed by atoms with Crippen LogP contribution in [0.4, 0.5) is 0 Å². The van der Waals surface area contributed by atoms with Crippen molar-refractivity contribution < 1.29 is 44.4 Å². The van der Waals surface area contributed by atoms with Crippen LogP contribution in [0.25, 0.3) is 0 Å². The van der Waals surface area contributed by atoms with E-state index in [1.165, 1.54) is 6.92 Å². The lowest BCUT2D eigenvalue weighted by Crippen LogP contribution is -2.52. The van der Waals surface area contributed by atoms with E-state index in [2.05, 4.69) is 16.0 Å². The van der Waals surface area contributed by atoms with E-state index in [0.717, 1.165) is 18.7 Å². The van der Waals surface area contributed by atoms with Crippen molar-refractivity contribution in [3.63, 3.8) is 0 Å². The van der Waals surface area contributed by atoms with Gasteiger partial charge in [-0.3, -0.25) is 19.2 Å². The highest BCUT2D eigenvalue weighted by molar-refractivity contribution is 7.99. The van der Waals surface area contributed by atoms with Gasteiger partial charge in [0.25, 0.3) is 0 Å². The SMILES string of the molecule is CC(=O)N[C@H](CCC(=O)N[C@H](CSC[C@H](N)C(O)O)C(=O)N[C@H](C)C(=O)O)C(=O)O. The number of thioether (sulfide) groups is 1. The first kappa shape index (κ1) is 27.6. The maximum Gasteiger partial charge on any atom is 0.326 e. The third-order valence-corrected chi connectivity index (χ3v) is 4.88. The number of carbonyl (C=O) groups excluding carboxylic acids is 3. The minimum atomic E-state index is -1.77. The third kappa shape index (κ3) is 11.5. The predicted molar refractivity (Wildman–Crippen MR) is 105 cm³/mol. The van der Waals surface area contributed by atoms with Crippen molar-refractivity contribution in [3.8, 4) is 0 Å². The minimum Gasteiger partial charge on any atom is -0.480 e. The monoisotopic (exact) mass is 452 g/mol. The number of carboxylic acid groups (broad SMARTS) is 2. The highest BCUT2D eigenvalue weighted by Crippen LogP contribution is 2.08. The zero-order valence-electron chi connectivity index (χ0n) is 16.5. The molecule has 0 aromatic carbocycles. The fraction of sp³-hybridized carbons (Fsp3) is 0.688. The van der Waals surface area contributed by atoms with Crippen LogP contribution in [0.5, 0.6) is 0 Å². The predicted octanol–water partition coefficient (Wildman–Crippen LogP) is -3.20. The van der Waals surface area contributed by atoms with E-state index in [-0.39, 0.29) is 24.3 Å². The van der Waals surface area contributed by atoms with Crippen molar-refractivity contribution in [3.05, 3.63) is 0 Å². The molecule has 0 saturated carbocycles. The van der Waals surface area contributed by atoms with Crippen LogP contribution in [-0.2, 0) is 24.0 Å². The standard InChI is InChI=1S/C16H28N4O9S/c1-7(14(24)25)18-13(23)11(6-30-5-9(17)15(26)27)20-12(22)4-3-10(16(28)29)19-8(2)21/h7,9-11,15,26-27H,3-6,17H2,1-2H3,(H,18,23)(H,19,21)(H,20,22)(H,24,25)(H,28,29)/t7-,9+,10-,11-/m1/s1. The van der Waals surface area contributed by atoms with Gasteiger partial charge in [-0.1, -0.05) is 0 Å². The fourth-order valence-electron chi connectivity index (χ4n) is 2.01. The zero-order valence-corrected chi connectivity index (χ0v) is 17.3. The molecular formula is C16H28N4O9S. The van der Waals surface area contributed by atoms with E-state index in [1.807, 2.05) is 0 Å². The van der Waals surface area contributed by atoms with Crippen LogP contribution >= 0.6 is 11.8 Å². The van der Waals surface area contributed by atoms with Crippen molar-refractivity contribution >= 4 is 41.4 Å². The van der Waals surface area contributed by atoms with Gasteiger partial charge in [-0.15, -0.1) is 0 Å². The van der Waals surface area contributed by atoms with Gasteiger partial charge >= 0.3 is 11.9 Å². The first-order valence-electron chi connectivity index (χ1n) is 8.87. The van der Waals surface area contributed by atoms with E-state index >= 15 is 0 Å². The molecule has 0 rings (SSSR count). The van der Waals surface area contributed by atoms with Gasteiger partial charge in [0.1, 0.15) is 18.1 Å². The number of carbonyl (C=O) groups is 5. The topological polar surface area (TPSA) is 228 Å². The van der Waals surface area contributed by atoms with Crippen molar-refractivity contribution in [2.45, 2.75) is 57.1 Å². The van der Waals surface area contributed by atoms with E-state index < -0.39 is 60.1 Å². The third-order valence-electron chi connectivity index (χ3n) is 3.69. The summed E-state index contributed by atoms with van der Waals surface area (Å²) in [5.74, 6) is -4.70. The van der Waals surface area contributed by atoms with E-state index in [1.54, 1.807) is 0 Å². The molecule has 9 N–H and O–H groups in total. The Morgan fingerprint density at radius 1 is 0.933 bits per heavy atom. The highest BCUT2D eigenvalue weighted by Gasteiger charge is 2.26. The Balaban J connectivity index is 4.96. The summed E-state index contributed by atoms with van der Waals surface area (Å²) in [6, 6.07) is -4.69. The Morgan fingerprint density at radius 3 is 2.00 bits per heavy atom. The lowest BCUT2D eigenvalue weighted by atomic mass is 10.1. The Kier molecular flexibility index (Phi) is 12.6. The van der Waals surface area contributed by atoms with Crippen molar-refractivity contribution in [1.29, 1.82) is 0 Å². The molecule has 4 atom stereocenters. The van der Waals surface area contributed by atoms with E-state index in [0.29, 0.717) is 0 Å². The Labute approximate surface area is 176 Å². The molecule has 0 aliphatic carbocycles. The number of hydrogen-bond donors (Lipinski definition) is 8. The molecule has 0 aliphatic heterocycles. The lowest BCUT2D eigenvalue weighted by Gasteiger charge is -2.21. The number of aliphatic hydroxyl groups excluding tert-OH is 1. The van der Waals surface area contributed by atoms with Gasteiger partial charge in [0.05, 0.1) is 6.04 Å². The molecule has 0 aliphatic rings. The summed E-state index contributed by atoms with van der Waals surface area (Å²) in [5.41, 5.74) is 5.47. The molecule has 0 radical (unpaired) electrons. The molecule has 13 nitrogen and oxygen atoms in total. The zero-order chi connectivity index (χ0) is 23.4. The summed E-state index contributed by atoms with van der Waals surface area (Å²) in [5, 5.41) is 42.7. The summed E-state index contributed by atoms with van der Waals surface area (Å²) in [6.07, 6.45) is -2.32. The number of rotatable bonds is 14. The van der Waals surface area contributed by atoms with Crippen molar-refractivity contribution in [1.82, 2.24) is 16.0 Å². The second kappa shape index (κ2) is 13.7. The molecule has 0 saturated heterocycles. The molecule has 0 aromatic heterocycles. The van der Waals surface area contributed by atoms with Crippen LogP contribution in [0.3, 0.4) is 0 Å². The maximum atomic E-state index is 12.3. The molecule has 30 heavy (non-hydrogen) atoms. The average molecular weight is 452 g/mol. The first-order chi connectivity index (χ1) is 13.8. The smallest absolute Gasteiger partial charge is 0.326 e. The van der Waals surface area contributed by atoms with Gasteiger partial charge in [0.15, 0.2) is 6.29 Å². The second-order valence-corrected chi connectivity index (χ2v) is 7.51. The van der Waals surface area contributed by atoms with Crippen LogP contribution in [0.1, 0.15) is 26.7 Å². The Morgan fingerprint density at radius 2 is 1.53 bits per heavy atom. The van der Waals surface area contributed by atoms with Crippen molar-refractivity contribution in [2.24, 2.45) is 5.73 Å². The number of nitrogens with two attached hydrogens (primary N) is 1. The summed E-state index contributed by atoms with van der Waals surface area (Å²) in [7, 11) is 0. The number of hydrogen-bond acceptors (Lipinski definition) is 9. The molecule has 0 bridgehead atoms. The molecular weight excluding hydrogens is 424 g/mol. The second-order valence-electron chi connectivity index (χ2n) is 6.43. The number of nitrogens with one attached hydrogen (secondary N) is 3. The van der Waals surface area contributed by atoms with Gasteiger partial charge in [-0.2, -0.15) is 11.8 Å². The molecule has 3 amide bonds.